The molecule has 2 aliphatic rings. The maximum absolute atomic E-state index is 15.6. The van der Waals surface area contributed by atoms with E-state index in [0.717, 1.165) is 12.8 Å². The van der Waals surface area contributed by atoms with Crippen LogP contribution in [0.25, 0.3) is 5.69 Å². The van der Waals surface area contributed by atoms with Crippen LogP contribution in [0.5, 0.6) is 11.5 Å². The fourth-order valence-electron chi connectivity index (χ4n) is 5.85. The highest BCUT2D eigenvalue weighted by atomic mass is 35.5. The third-order valence-corrected chi connectivity index (χ3v) is 8.01. The van der Waals surface area contributed by atoms with Gasteiger partial charge < -0.3 is 28.4 Å². The van der Waals surface area contributed by atoms with Crippen LogP contribution >= 0.6 is 11.6 Å². The molecule has 2 aliphatic heterocycles. The van der Waals surface area contributed by atoms with Crippen LogP contribution in [0.2, 0.25) is 5.02 Å². The number of hydrogen-bond donors (Lipinski definition) is 0. The van der Waals surface area contributed by atoms with Crippen LogP contribution in [-0.4, -0.2) is 55.3 Å². The molecule has 0 N–H and O–H groups in total. The minimum atomic E-state index is -0.809. The van der Waals surface area contributed by atoms with Crippen LogP contribution in [-0.2, 0) is 19.1 Å². The van der Waals surface area contributed by atoms with Crippen LogP contribution in [0.3, 0.4) is 0 Å². The molecular formula is C31H34ClFN2O6. The van der Waals surface area contributed by atoms with Gasteiger partial charge in [0.05, 0.1) is 38.6 Å². The first-order chi connectivity index (χ1) is 19.8. The SMILES string of the molecule is CCOC(=O)CC1CCN(C(=O)CC2OC(c3cccc(OC)c3OC)c3cc(Cl)cc(F)c3-n3cccc32)CC1. The van der Waals surface area contributed by atoms with Crippen LogP contribution in [0, 0.1) is 11.7 Å². The van der Waals surface area contributed by atoms with Gasteiger partial charge in [0, 0.05) is 41.9 Å². The minimum Gasteiger partial charge on any atom is -0.493 e. The zero-order valence-corrected chi connectivity index (χ0v) is 24.2. The van der Waals surface area contributed by atoms with Gasteiger partial charge in [-0.05, 0) is 56.0 Å². The summed E-state index contributed by atoms with van der Waals surface area (Å²) in [5.41, 5.74) is 2.09. The number of carbonyl (C=O) groups excluding carboxylic acids is 2. The summed E-state index contributed by atoms with van der Waals surface area (Å²) in [6, 6.07) is 12.0. The molecule has 1 saturated heterocycles. The second-order valence-corrected chi connectivity index (χ2v) is 10.7. The maximum atomic E-state index is 15.6. The Kier molecular flexibility index (Phi) is 8.85. The highest BCUT2D eigenvalue weighted by molar-refractivity contribution is 6.30. The summed E-state index contributed by atoms with van der Waals surface area (Å²) in [7, 11) is 3.08. The van der Waals surface area contributed by atoms with Gasteiger partial charge in [0.15, 0.2) is 11.5 Å². The second-order valence-electron chi connectivity index (χ2n) is 10.3. The van der Waals surface area contributed by atoms with E-state index in [1.54, 1.807) is 43.0 Å². The third-order valence-electron chi connectivity index (χ3n) is 7.80. The molecule has 8 nitrogen and oxygen atoms in total. The van der Waals surface area contributed by atoms with E-state index >= 15 is 4.39 Å². The average Bonchev–Trinajstić information content (AvgIpc) is 3.39. The van der Waals surface area contributed by atoms with Crippen molar-refractivity contribution in [3.05, 3.63) is 76.3 Å². The van der Waals surface area contributed by atoms with Gasteiger partial charge in [-0.1, -0.05) is 23.7 Å². The molecule has 2 aromatic carbocycles. The minimum absolute atomic E-state index is 0.0542. The Morgan fingerprint density at radius 1 is 1.05 bits per heavy atom. The van der Waals surface area contributed by atoms with E-state index in [9.17, 15) is 9.59 Å². The molecule has 1 amide bonds. The lowest BCUT2D eigenvalue weighted by atomic mass is 9.93. The quantitative estimate of drug-likeness (QED) is 0.301. The number of nitrogens with zero attached hydrogens (tertiary/aromatic N) is 2. The molecule has 5 rings (SSSR count). The van der Waals surface area contributed by atoms with Crippen molar-refractivity contribution in [1.82, 2.24) is 9.47 Å². The molecule has 0 radical (unpaired) electrons. The first-order valence-corrected chi connectivity index (χ1v) is 14.2. The van der Waals surface area contributed by atoms with Crippen LogP contribution in [0.4, 0.5) is 4.39 Å². The first kappa shape index (κ1) is 29.0. The number of halogens is 2. The Bertz CT molecular complexity index is 1420. The highest BCUT2D eigenvalue weighted by Crippen LogP contribution is 2.47. The van der Waals surface area contributed by atoms with Gasteiger partial charge in [-0.2, -0.15) is 0 Å². The van der Waals surface area contributed by atoms with E-state index in [1.165, 1.54) is 13.2 Å². The second kappa shape index (κ2) is 12.5. The molecule has 2 atom stereocenters. The molecule has 0 aliphatic carbocycles. The number of rotatable bonds is 8. The molecular weight excluding hydrogens is 551 g/mol. The van der Waals surface area contributed by atoms with Gasteiger partial charge in [-0.25, -0.2) is 4.39 Å². The summed E-state index contributed by atoms with van der Waals surface area (Å²) in [5.74, 6) is 0.369. The van der Waals surface area contributed by atoms with Crippen LogP contribution in [0.15, 0.2) is 48.7 Å². The van der Waals surface area contributed by atoms with Crippen molar-refractivity contribution in [2.45, 2.75) is 44.8 Å². The molecule has 41 heavy (non-hydrogen) atoms. The van der Waals surface area contributed by atoms with Crippen molar-refractivity contribution in [1.29, 1.82) is 0 Å². The molecule has 2 unspecified atom stereocenters. The monoisotopic (exact) mass is 584 g/mol. The summed E-state index contributed by atoms with van der Waals surface area (Å²) < 4.78 is 40.4. The topological polar surface area (TPSA) is 79.2 Å². The zero-order valence-electron chi connectivity index (χ0n) is 23.4. The number of ether oxygens (including phenoxy) is 4. The lowest BCUT2D eigenvalue weighted by molar-refractivity contribution is -0.144. The van der Waals surface area contributed by atoms with Crippen molar-refractivity contribution >= 4 is 23.5 Å². The van der Waals surface area contributed by atoms with E-state index in [2.05, 4.69) is 0 Å². The largest absolute Gasteiger partial charge is 0.493 e. The van der Waals surface area contributed by atoms with Crippen LogP contribution < -0.4 is 9.47 Å². The van der Waals surface area contributed by atoms with E-state index in [4.69, 9.17) is 30.5 Å². The number of carbonyl (C=O) groups is 2. The van der Waals surface area contributed by atoms with Crippen molar-refractivity contribution < 1.29 is 32.9 Å². The summed E-state index contributed by atoms with van der Waals surface area (Å²) in [6.07, 6.45) is 2.14. The summed E-state index contributed by atoms with van der Waals surface area (Å²) in [4.78, 5) is 27.3. The predicted molar refractivity (Wildman–Crippen MR) is 151 cm³/mol. The fraction of sp³-hybridized carbons (Fsp3) is 0.419. The molecule has 10 heteroatoms. The van der Waals surface area contributed by atoms with E-state index in [0.29, 0.717) is 60.1 Å². The molecule has 1 aromatic heterocycles. The highest BCUT2D eigenvalue weighted by Gasteiger charge is 2.36. The Morgan fingerprint density at radius 3 is 2.54 bits per heavy atom. The Labute approximate surface area is 243 Å². The van der Waals surface area contributed by atoms with Gasteiger partial charge in [-0.3, -0.25) is 9.59 Å². The van der Waals surface area contributed by atoms with Crippen molar-refractivity contribution in [3.63, 3.8) is 0 Å². The smallest absolute Gasteiger partial charge is 0.306 e. The normalized spacial score (nSPS) is 18.7. The molecule has 3 aromatic rings. The fourth-order valence-corrected chi connectivity index (χ4v) is 6.06. The lowest BCUT2D eigenvalue weighted by Gasteiger charge is -2.33. The van der Waals surface area contributed by atoms with Gasteiger partial charge in [0.2, 0.25) is 5.91 Å². The Hall–Kier alpha value is -3.56. The average molecular weight is 585 g/mol. The Morgan fingerprint density at radius 2 is 1.83 bits per heavy atom. The molecule has 0 bridgehead atoms. The molecule has 218 valence electrons. The standard InChI is InChI=1S/C31H34ClFN2O6/c1-4-40-28(37)15-19-10-13-34(14-11-19)27(36)18-26-24-8-6-12-35(24)29-22(16-20(32)17-23(29)33)30(41-26)21-7-5-9-25(38-2)31(21)39-3/h5-9,12,16-17,19,26,30H,4,10-11,13-15,18H2,1-3H3. The van der Waals surface area contributed by atoms with E-state index < -0.39 is 18.0 Å². The van der Waals surface area contributed by atoms with Crippen LogP contribution in [0.1, 0.15) is 61.6 Å². The number of esters is 1. The maximum Gasteiger partial charge on any atom is 0.306 e. The number of benzene rings is 2. The summed E-state index contributed by atoms with van der Waals surface area (Å²) >= 11 is 6.35. The summed E-state index contributed by atoms with van der Waals surface area (Å²) in [5, 5.41) is 0.227. The summed E-state index contributed by atoms with van der Waals surface area (Å²) in [6.45, 7) is 3.26. The molecule has 0 spiro atoms. The van der Waals surface area contributed by atoms with Crippen molar-refractivity contribution in [2.24, 2.45) is 5.92 Å². The zero-order chi connectivity index (χ0) is 29.1. The number of piperidine rings is 1. The number of fused-ring (bicyclic) bond motifs is 3. The van der Waals surface area contributed by atoms with Gasteiger partial charge in [-0.15, -0.1) is 0 Å². The predicted octanol–water partition coefficient (Wildman–Crippen LogP) is 6.03. The van der Waals surface area contributed by atoms with Gasteiger partial charge >= 0.3 is 5.97 Å². The molecule has 0 saturated carbocycles. The number of aromatic nitrogens is 1. The van der Waals surface area contributed by atoms with Gasteiger partial charge in [0.1, 0.15) is 18.0 Å². The van der Waals surface area contributed by atoms with Crippen molar-refractivity contribution in [3.8, 4) is 17.2 Å². The number of methoxy groups -OCH3 is 2. The number of amides is 1. The molecule has 3 heterocycles. The lowest BCUT2D eigenvalue weighted by Crippen LogP contribution is -2.39. The van der Waals surface area contributed by atoms with Crippen molar-refractivity contribution in [2.75, 3.05) is 33.9 Å². The number of hydrogen-bond acceptors (Lipinski definition) is 6. The molecule has 1 fully saturated rings. The van der Waals surface area contributed by atoms with E-state index in [-0.39, 0.29) is 29.2 Å². The first-order valence-electron chi connectivity index (χ1n) is 13.8. The Balaban J connectivity index is 1.46. The number of likely N-dealkylation sites (tertiary alicyclic amines) is 1. The third kappa shape index (κ3) is 5.92. The number of para-hydroxylation sites is 1. The van der Waals surface area contributed by atoms with E-state index in [1.807, 2.05) is 23.1 Å². The van der Waals surface area contributed by atoms with Gasteiger partial charge in [0.25, 0.3) is 0 Å².